The summed E-state index contributed by atoms with van der Waals surface area (Å²) in [5.74, 6) is -0.392. The average Bonchev–Trinajstić information content (AvgIpc) is 3.17. The summed E-state index contributed by atoms with van der Waals surface area (Å²) in [5, 5.41) is 16.8. The third kappa shape index (κ3) is 3.40. The van der Waals surface area contributed by atoms with E-state index in [0.29, 0.717) is 35.6 Å². The van der Waals surface area contributed by atoms with Crippen LogP contribution in [0.25, 0.3) is 0 Å². The van der Waals surface area contributed by atoms with Crippen LogP contribution in [0.5, 0.6) is 0 Å². The molecule has 0 fully saturated rings. The number of carbonyl (C=O) groups is 2. The van der Waals surface area contributed by atoms with Crippen molar-refractivity contribution in [1.29, 1.82) is 5.26 Å². The molecule has 8 nitrogen and oxygen atoms in total. The van der Waals surface area contributed by atoms with Crippen molar-refractivity contribution in [2.24, 2.45) is 7.05 Å². The number of thiophene rings is 1. The molecule has 1 N–H and O–H groups in total. The predicted molar refractivity (Wildman–Crippen MR) is 91.2 cm³/mol. The molecule has 0 aromatic carbocycles. The molecule has 9 heteroatoms. The van der Waals surface area contributed by atoms with E-state index in [2.05, 4.69) is 16.5 Å². The Labute approximate surface area is 148 Å². The predicted octanol–water partition coefficient (Wildman–Crippen LogP) is 1.14. The van der Waals surface area contributed by atoms with E-state index in [-0.39, 0.29) is 18.4 Å². The molecule has 1 aliphatic rings. The largest absolute Gasteiger partial charge is 0.375 e. The lowest BCUT2D eigenvalue weighted by molar-refractivity contribution is -0.136. The van der Waals surface area contributed by atoms with E-state index in [1.165, 1.54) is 24.6 Å². The second kappa shape index (κ2) is 7.04. The van der Waals surface area contributed by atoms with Crippen LogP contribution in [0, 0.1) is 11.3 Å². The topological polar surface area (TPSA) is 100 Å². The van der Waals surface area contributed by atoms with E-state index in [0.717, 1.165) is 10.4 Å². The highest BCUT2D eigenvalue weighted by Gasteiger charge is 2.27. The number of aromatic nitrogens is 2. The van der Waals surface area contributed by atoms with E-state index >= 15 is 0 Å². The van der Waals surface area contributed by atoms with Gasteiger partial charge in [-0.1, -0.05) is 0 Å². The molecule has 130 valence electrons. The second-order valence-electron chi connectivity index (χ2n) is 5.67. The number of nitriles is 1. The number of hydrogen-bond acceptors (Lipinski definition) is 6. The van der Waals surface area contributed by atoms with Crippen molar-refractivity contribution in [3.8, 4) is 6.07 Å². The number of ether oxygens (including phenoxy) is 1. The molecule has 0 bridgehead atoms. The number of rotatable bonds is 4. The number of amides is 2. The maximum Gasteiger partial charge on any atom is 0.259 e. The third-order valence-electron chi connectivity index (χ3n) is 3.98. The van der Waals surface area contributed by atoms with Gasteiger partial charge in [-0.15, -0.1) is 11.3 Å². The van der Waals surface area contributed by atoms with Crippen LogP contribution in [0.3, 0.4) is 0 Å². The Kier molecular flexibility index (Phi) is 4.83. The van der Waals surface area contributed by atoms with E-state index in [9.17, 15) is 14.9 Å². The first-order chi connectivity index (χ1) is 12.0. The van der Waals surface area contributed by atoms with Gasteiger partial charge in [0.2, 0.25) is 5.91 Å². The lowest BCUT2D eigenvalue weighted by Crippen LogP contribution is -2.37. The van der Waals surface area contributed by atoms with Crippen LogP contribution in [0.2, 0.25) is 0 Å². The fraction of sp³-hybridized carbons (Fsp3) is 0.375. The van der Waals surface area contributed by atoms with Crippen LogP contribution < -0.4 is 5.32 Å². The van der Waals surface area contributed by atoms with E-state index in [1.807, 2.05) is 0 Å². The summed E-state index contributed by atoms with van der Waals surface area (Å²) in [6.07, 6.45) is 3.67. The monoisotopic (exact) mass is 359 g/mol. The van der Waals surface area contributed by atoms with Gasteiger partial charge in [-0.25, -0.2) is 0 Å². The molecule has 0 unspecified atom stereocenters. The summed E-state index contributed by atoms with van der Waals surface area (Å²) in [7, 11) is 3.21. The summed E-state index contributed by atoms with van der Waals surface area (Å²) in [6.45, 7) is 1.01. The molecule has 2 aromatic heterocycles. The number of carbonyl (C=O) groups excluding carboxylic acids is 2. The maximum absolute atomic E-state index is 12.3. The Morgan fingerprint density at radius 2 is 2.32 bits per heavy atom. The highest BCUT2D eigenvalue weighted by Crippen LogP contribution is 2.36. The van der Waals surface area contributed by atoms with E-state index < -0.39 is 0 Å². The molecular weight excluding hydrogens is 342 g/mol. The van der Waals surface area contributed by atoms with Gasteiger partial charge in [0.1, 0.15) is 17.7 Å². The minimum atomic E-state index is -0.310. The minimum absolute atomic E-state index is 0.0381. The molecule has 0 saturated heterocycles. The van der Waals surface area contributed by atoms with Gasteiger partial charge in [0.15, 0.2) is 0 Å². The van der Waals surface area contributed by atoms with E-state index in [4.69, 9.17) is 4.74 Å². The third-order valence-corrected chi connectivity index (χ3v) is 5.12. The number of aryl methyl sites for hydroxylation is 1. The average molecular weight is 359 g/mol. The van der Waals surface area contributed by atoms with Crippen molar-refractivity contribution in [2.75, 3.05) is 25.6 Å². The van der Waals surface area contributed by atoms with Crippen LogP contribution in [-0.2, 0) is 29.5 Å². The summed E-state index contributed by atoms with van der Waals surface area (Å²) >= 11 is 1.34. The molecule has 3 heterocycles. The Bertz CT molecular complexity index is 864. The zero-order valence-corrected chi connectivity index (χ0v) is 14.7. The maximum atomic E-state index is 12.3. The van der Waals surface area contributed by atoms with Gasteiger partial charge in [-0.3, -0.25) is 14.3 Å². The number of nitrogens with zero attached hydrogens (tertiary/aromatic N) is 4. The lowest BCUT2D eigenvalue weighted by Gasteiger charge is -2.26. The van der Waals surface area contributed by atoms with Gasteiger partial charge in [0.25, 0.3) is 5.91 Å². The number of anilines is 1. The number of fused-ring (bicyclic) bond motifs is 1. The van der Waals surface area contributed by atoms with Crippen molar-refractivity contribution in [3.05, 3.63) is 34.0 Å². The van der Waals surface area contributed by atoms with Crippen LogP contribution in [-0.4, -0.2) is 46.8 Å². The zero-order chi connectivity index (χ0) is 18.0. The number of nitrogens with one attached hydrogen (secondary N) is 1. The second-order valence-corrected chi connectivity index (χ2v) is 6.78. The lowest BCUT2D eigenvalue weighted by atomic mass is 10.0. The van der Waals surface area contributed by atoms with Gasteiger partial charge >= 0.3 is 0 Å². The molecule has 0 saturated carbocycles. The van der Waals surface area contributed by atoms with E-state index in [1.54, 1.807) is 22.8 Å². The van der Waals surface area contributed by atoms with Crippen molar-refractivity contribution in [1.82, 2.24) is 14.7 Å². The van der Waals surface area contributed by atoms with Crippen molar-refractivity contribution < 1.29 is 14.3 Å². The first kappa shape index (κ1) is 17.1. The number of methoxy groups -OCH3 is 1. The van der Waals surface area contributed by atoms with Gasteiger partial charge in [0, 0.05) is 31.8 Å². The van der Waals surface area contributed by atoms with Crippen molar-refractivity contribution in [2.45, 2.75) is 13.0 Å². The molecular formula is C16H17N5O3S. The molecule has 25 heavy (non-hydrogen) atoms. The van der Waals surface area contributed by atoms with Gasteiger partial charge in [-0.05, 0) is 12.0 Å². The van der Waals surface area contributed by atoms with Crippen molar-refractivity contribution in [3.63, 3.8) is 0 Å². The van der Waals surface area contributed by atoms with Crippen LogP contribution >= 0.6 is 11.3 Å². The standard InChI is InChI=1S/C16H17N5O3S/c1-20-7-10(6-18-20)15(23)19-16-12(5-17)11-3-4-21(8-13(11)25-16)14(22)9-24-2/h6-7H,3-4,8-9H2,1-2H3,(H,19,23). The Morgan fingerprint density at radius 3 is 2.96 bits per heavy atom. The molecule has 0 spiro atoms. The van der Waals surface area contributed by atoms with Gasteiger partial charge in [-0.2, -0.15) is 10.4 Å². The number of hydrogen-bond donors (Lipinski definition) is 1. The molecule has 2 amide bonds. The molecule has 1 aliphatic heterocycles. The minimum Gasteiger partial charge on any atom is -0.375 e. The van der Waals surface area contributed by atoms with Gasteiger partial charge in [0.05, 0.1) is 23.9 Å². The fourth-order valence-corrected chi connectivity index (χ4v) is 3.96. The van der Waals surface area contributed by atoms with Crippen LogP contribution in [0.4, 0.5) is 5.00 Å². The summed E-state index contributed by atoms with van der Waals surface area (Å²) in [4.78, 5) is 26.9. The molecule has 3 rings (SSSR count). The Morgan fingerprint density at radius 1 is 1.52 bits per heavy atom. The van der Waals surface area contributed by atoms with Gasteiger partial charge < -0.3 is 15.0 Å². The fourth-order valence-electron chi connectivity index (χ4n) is 2.75. The summed E-state index contributed by atoms with van der Waals surface area (Å²) < 4.78 is 6.43. The normalized spacial score (nSPS) is 13.2. The highest BCUT2D eigenvalue weighted by atomic mass is 32.1. The molecule has 0 atom stereocenters. The zero-order valence-electron chi connectivity index (χ0n) is 13.9. The molecule has 0 aliphatic carbocycles. The molecule has 2 aromatic rings. The summed E-state index contributed by atoms with van der Waals surface area (Å²) in [5.41, 5.74) is 1.82. The molecule has 0 radical (unpaired) electrons. The van der Waals surface area contributed by atoms with Crippen LogP contribution in [0.15, 0.2) is 12.4 Å². The SMILES string of the molecule is COCC(=O)N1CCc2c(sc(NC(=O)c3cnn(C)c3)c2C#N)C1. The smallest absolute Gasteiger partial charge is 0.259 e. The van der Waals surface area contributed by atoms with Crippen LogP contribution in [0.1, 0.15) is 26.4 Å². The summed E-state index contributed by atoms with van der Waals surface area (Å²) in [6, 6.07) is 2.18. The Balaban J connectivity index is 1.82. The first-order valence-electron chi connectivity index (χ1n) is 7.64. The first-order valence-corrected chi connectivity index (χ1v) is 8.46. The quantitative estimate of drug-likeness (QED) is 0.882. The Hall–Kier alpha value is -2.70. The van der Waals surface area contributed by atoms with Crippen molar-refractivity contribution >= 4 is 28.2 Å². The highest BCUT2D eigenvalue weighted by molar-refractivity contribution is 7.16.